The Hall–Kier alpha value is -1.28. The summed E-state index contributed by atoms with van der Waals surface area (Å²) in [6.45, 7) is 1.77. The second-order valence-corrected chi connectivity index (χ2v) is 6.48. The molecule has 0 heterocycles. The molecule has 1 fully saturated rings. The van der Waals surface area contributed by atoms with Gasteiger partial charge < -0.3 is 4.74 Å². The summed E-state index contributed by atoms with van der Waals surface area (Å²) in [5.41, 5.74) is 0. The van der Waals surface area contributed by atoms with E-state index in [1.165, 1.54) is 0 Å². The zero-order valence-electron chi connectivity index (χ0n) is 10.6. The van der Waals surface area contributed by atoms with Gasteiger partial charge in [0, 0.05) is 6.04 Å². The Morgan fingerprint density at radius 3 is 2.25 bits per heavy atom. The van der Waals surface area contributed by atoms with E-state index in [4.69, 9.17) is 0 Å². The predicted octanol–water partition coefficient (Wildman–Crippen LogP) is 2.66. The number of hydrogen-bond donors (Lipinski definition) is 1. The third kappa shape index (κ3) is 4.11. The highest BCUT2D eigenvalue weighted by atomic mass is 32.2. The molecule has 0 radical (unpaired) electrons. The molecule has 0 saturated heterocycles. The van der Waals surface area contributed by atoms with Crippen LogP contribution in [0.4, 0.5) is 13.2 Å². The third-order valence-electron chi connectivity index (χ3n) is 3.04. The van der Waals surface area contributed by atoms with Crippen LogP contribution in [0.25, 0.3) is 0 Å². The largest absolute Gasteiger partial charge is 0.573 e. The molecule has 8 heteroatoms. The second-order valence-electron chi connectivity index (χ2n) is 4.77. The van der Waals surface area contributed by atoms with Gasteiger partial charge in [-0.25, -0.2) is 13.1 Å². The standard InChI is InChI=1S/C12H14F3NO3S/c1-8(9-2-3-9)16-20(17,18)11-6-4-10(5-7-11)19-12(13,14)15/h4-9,16H,2-3H2,1H3/t8-/m1/s1. The molecule has 1 atom stereocenters. The summed E-state index contributed by atoms with van der Waals surface area (Å²) < 4.78 is 66.2. The maximum Gasteiger partial charge on any atom is 0.573 e. The Balaban J connectivity index is 2.08. The Kier molecular flexibility index (Phi) is 3.97. The molecule has 4 nitrogen and oxygen atoms in total. The first-order valence-electron chi connectivity index (χ1n) is 6.05. The minimum absolute atomic E-state index is 0.0838. The lowest BCUT2D eigenvalue weighted by atomic mass is 10.2. The molecule has 1 N–H and O–H groups in total. The second kappa shape index (κ2) is 5.25. The van der Waals surface area contributed by atoms with E-state index in [-0.39, 0.29) is 10.9 Å². The van der Waals surface area contributed by atoms with Gasteiger partial charge in [-0.15, -0.1) is 13.2 Å². The van der Waals surface area contributed by atoms with E-state index >= 15 is 0 Å². The van der Waals surface area contributed by atoms with Gasteiger partial charge in [-0.1, -0.05) is 0 Å². The molecule has 0 amide bonds. The van der Waals surface area contributed by atoms with Gasteiger partial charge in [-0.05, 0) is 49.9 Å². The Labute approximate surface area is 115 Å². The van der Waals surface area contributed by atoms with Gasteiger partial charge in [-0.3, -0.25) is 0 Å². The van der Waals surface area contributed by atoms with Gasteiger partial charge in [0.25, 0.3) is 0 Å². The number of rotatable bonds is 5. The zero-order chi connectivity index (χ0) is 15.0. The molecule has 1 aromatic rings. The number of alkyl halides is 3. The summed E-state index contributed by atoms with van der Waals surface area (Å²) in [7, 11) is -3.71. The van der Waals surface area contributed by atoms with Gasteiger partial charge in [0.2, 0.25) is 10.0 Å². The van der Waals surface area contributed by atoms with E-state index in [0.717, 1.165) is 37.1 Å². The van der Waals surface area contributed by atoms with Gasteiger partial charge in [0.1, 0.15) is 5.75 Å². The summed E-state index contributed by atoms with van der Waals surface area (Å²) in [6, 6.07) is 3.95. The number of ether oxygens (including phenoxy) is 1. The first-order valence-corrected chi connectivity index (χ1v) is 7.54. The number of benzene rings is 1. The average molecular weight is 309 g/mol. The molecule has 20 heavy (non-hydrogen) atoms. The lowest BCUT2D eigenvalue weighted by molar-refractivity contribution is -0.274. The molecule has 0 aromatic heterocycles. The van der Waals surface area contributed by atoms with Crippen LogP contribution in [0.15, 0.2) is 29.2 Å². The van der Waals surface area contributed by atoms with Crippen molar-refractivity contribution in [2.45, 2.75) is 37.1 Å². The molecular formula is C12H14F3NO3S. The molecule has 0 bridgehead atoms. The summed E-state index contributed by atoms with van der Waals surface area (Å²) in [5, 5.41) is 0. The normalized spacial score (nSPS) is 17.8. The van der Waals surface area contributed by atoms with Crippen molar-refractivity contribution in [1.82, 2.24) is 4.72 Å². The van der Waals surface area contributed by atoms with Gasteiger partial charge in [0.15, 0.2) is 0 Å². The number of halogens is 3. The highest BCUT2D eigenvalue weighted by molar-refractivity contribution is 7.89. The zero-order valence-corrected chi connectivity index (χ0v) is 11.5. The minimum atomic E-state index is -4.79. The van der Waals surface area contributed by atoms with Crippen molar-refractivity contribution >= 4 is 10.0 Å². The van der Waals surface area contributed by atoms with Gasteiger partial charge in [-0.2, -0.15) is 0 Å². The first-order chi connectivity index (χ1) is 9.17. The number of hydrogen-bond acceptors (Lipinski definition) is 3. The lowest BCUT2D eigenvalue weighted by Gasteiger charge is -2.14. The maximum absolute atomic E-state index is 12.0. The van der Waals surface area contributed by atoms with E-state index < -0.39 is 22.1 Å². The molecule has 2 rings (SSSR count). The SMILES string of the molecule is C[C@@H](NS(=O)(=O)c1ccc(OC(F)(F)F)cc1)C1CC1. The smallest absolute Gasteiger partial charge is 0.406 e. The molecule has 112 valence electrons. The Bertz CT molecular complexity index is 565. The van der Waals surface area contributed by atoms with Crippen LogP contribution in [-0.2, 0) is 10.0 Å². The molecule has 1 saturated carbocycles. The number of sulfonamides is 1. The molecule has 1 aliphatic carbocycles. The maximum atomic E-state index is 12.0. The van der Waals surface area contributed by atoms with Crippen molar-refractivity contribution in [2.75, 3.05) is 0 Å². The van der Waals surface area contributed by atoms with Crippen LogP contribution in [0.5, 0.6) is 5.75 Å². The van der Waals surface area contributed by atoms with Crippen molar-refractivity contribution < 1.29 is 26.3 Å². The highest BCUT2D eigenvalue weighted by Gasteiger charge is 2.32. The molecule has 0 spiro atoms. The van der Waals surface area contributed by atoms with Crippen LogP contribution in [0.3, 0.4) is 0 Å². The summed E-state index contributed by atoms with van der Waals surface area (Å²) in [6.07, 6.45) is -2.82. The quantitative estimate of drug-likeness (QED) is 0.910. The monoisotopic (exact) mass is 309 g/mol. The fourth-order valence-corrected chi connectivity index (χ4v) is 3.14. The Morgan fingerprint density at radius 1 is 1.25 bits per heavy atom. The van der Waals surface area contributed by atoms with Crippen molar-refractivity contribution in [3.8, 4) is 5.75 Å². The van der Waals surface area contributed by atoms with Gasteiger partial charge >= 0.3 is 6.36 Å². The minimum Gasteiger partial charge on any atom is -0.406 e. The third-order valence-corrected chi connectivity index (χ3v) is 4.61. The molecule has 1 aliphatic rings. The van der Waals surface area contributed by atoms with E-state index in [1.54, 1.807) is 6.92 Å². The summed E-state index contributed by atoms with van der Waals surface area (Å²) >= 11 is 0. The first kappa shape index (κ1) is 15.1. The van der Waals surface area contributed by atoms with E-state index in [1.807, 2.05) is 0 Å². The van der Waals surface area contributed by atoms with Crippen molar-refractivity contribution in [3.63, 3.8) is 0 Å². The van der Waals surface area contributed by atoms with Crippen LogP contribution in [0, 0.1) is 5.92 Å². The molecule has 0 unspecified atom stereocenters. The van der Waals surface area contributed by atoms with E-state index in [0.29, 0.717) is 5.92 Å². The summed E-state index contributed by atoms with van der Waals surface area (Å²) in [4.78, 5) is -0.0838. The van der Waals surface area contributed by atoms with Gasteiger partial charge in [0.05, 0.1) is 4.90 Å². The van der Waals surface area contributed by atoms with Crippen molar-refractivity contribution in [3.05, 3.63) is 24.3 Å². The van der Waals surface area contributed by atoms with Crippen LogP contribution < -0.4 is 9.46 Å². The van der Waals surface area contributed by atoms with Crippen molar-refractivity contribution in [1.29, 1.82) is 0 Å². The van der Waals surface area contributed by atoms with Crippen LogP contribution in [0.2, 0.25) is 0 Å². The van der Waals surface area contributed by atoms with Crippen LogP contribution in [0.1, 0.15) is 19.8 Å². The topological polar surface area (TPSA) is 55.4 Å². The molecular weight excluding hydrogens is 295 g/mol. The van der Waals surface area contributed by atoms with E-state index in [9.17, 15) is 21.6 Å². The average Bonchev–Trinajstić information content (AvgIpc) is 3.10. The summed E-state index contributed by atoms with van der Waals surface area (Å²) in [5.74, 6) is -0.107. The number of nitrogens with one attached hydrogen (secondary N) is 1. The fraction of sp³-hybridized carbons (Fsp3) is 0.500. The molecule has 0 aliphatic heterocycles. The van der Waals surface area contributed by atoms with E-state index in [2.05, 4.69) is 9.46 Å². The van der Waals surface area contributed by atoms with Crippen molar-refractivity contribution in [2.24, 2.45) is 5.92 Å². The van der Waals surface area contributed by atoms with Crippen LogP contribution >= 0.6 is 0 Å². The van der Waals surface area contributed by atoms with Crippen LogP contribution in [-0.4, -0.2) is 20.8 Å². The Morgan fingerprint density at radius 2 is 1.80 bits per heavy atom. The fourth-order valence-electron chi connectivity index (χ4n) is 1.83. The lowest BCUT2D eigenvalue weighted by Crippen LogP contribution is -2.34. The predicted molar refractivity (Wildman–Crippen MR) is 65.6 cm³/mol. The highest BCUT2D eigenvalue weighted by Crippen LogP contribution is 2.33. The molecule has 1 aromatic carbocycles.